The second-order valence-corrected chi connectivity index (χ2v) is 7.44. The van der Waals surface area contributed by atoms with Crippen molar-refractivity contribution in [3.63, 3.8) is 0 Å². The van der Waals surface area contributed by atoms with Gasteiger partial charge in [0.1, 0.15) is 0 Å². The third-order valence-corrected chi connectivity index (χ3v) is 5.10. The maximum atomic E-state index is 11.4. The van der Waals surface area contributed by atoms with Crippen LogP contribution in [0.5, 0.6) is 0 Å². The number of hydrogen-bond acceptors (Lipinski definition) is 11. The molecular weight excluding hydrogens is 434 g/mol. The van der Waals surface area contributed by atoms with Crippen molar-refractivity contribution in [2.24, 2.45) is 0 Å². The molecule has 192 valence electrons. The van der Waals surface area contributed by atoms with Gasteiger partial charge in [-0.1, -0.05) is 0 Å². The molecular formula is C22H41N3O8. The van der Waals surface area contributed by atoms with E-state index in [1.807, 2.05) is 0 Å². The number of rotatable bonds is 20. The van der Waals surface area contributed by atoms with Crippen LogP contribution in [0.2, 0.25) is 0 Å². The second-order valence-electron chi connectivity index (χ2n) is 7.44. The van der Waals surface area contributed by atoms with E-state index in [0.717, 1.165) is 39.0 Å². The van der Waals surface area contributed by atoms with Crippen LogP contribution in [0.15, 0.2) is 0 Å². The Morgan fingerprint density at radius 2 is 0.788 bits per heavy atom. The molecule has 0 saturated carbocycles. The largest absolute Gasteiger partial charge is 0.469 e. The summed E-state index contributed by atoms with van der Waals surface area (Å²) in [6.45, 7) is 5.17. The topological polar surface area (TPSA) is 124 Å². The number of ether oxygens (including phenoxy) is 4. The molecule has 11 heteroatoms. The zero-order valence-corrected chi connectivity index (χ0v) is 20.6. The van der Waals surface area contributed by atoms with E-state index in [4.69, 9.17) is 0 Å². The Morgan fingerprint density at radius 1 is 0.515 bits per heavy atom. The van der Waals surface area contributed by atoms with Crippen molar-refractivity contribution in [1.82, 2.24) is 15.1 Å². The van der Waals surface area contributed by atoms with Crippen LogP contribution in [0.1, 0.15) is 38.5 Å². The lowest BCUT2D eigenvalue weighted by atomic mass is 10.2. The van der Waals surface area contributed by atoms with Crippen LogP contribution < -0.4 is 5.32 Å². The maximum Gasteiger partial charge on any atom is 0.306 e. The number of hydrogen-bond donors (Lipinski definition) is 1. The minimum atomic E-state index is -0.278. The van der Waals surface area contributed by atoms with Crippen molar-refractivity contribution in [2.45, 2.75) is 38.5 Å². The molecule has 0 unspecified atom stereocenters. The second kappa shape index (κ2) is 20.4. The van der Waals surface area contributed by atoms with Crippen molar-refractivity contribution in [3.05, 3.63) is 0 Å². The fraction of sp³-hybridized carbons (Fsp3) is 0.818. The summed E-state index contributed by atoms with van der Waals surface area (Å²) in [5.74, 6) is -1.11. The summed E-state index contributed by atoms with van der Waals surface area (Å²) < 4.78 is 18.7. The Bertz CT molecular complexity index is 486. The van der Waals surface area contributed by atoms with Gasteiger partial charge in [0.15, 0.2) is 0 Å². The third-order valence-electron chi connectivity index (χ3n) is 5.10. The van der Waals surface area contributed by atoms with Gasteiger partial charge in [-0.2, -0.15) is 0 Å². The van der Waals surface area contributed by atoms with Gasteiger partial charge in [-0.15, -0.1) is 0 Å². The van der Waals surface area contributed by atoms with Gasteiger partial charge in [0.2, 0.25) is 0 Å². The predicted octanol–water partition coefficient (Wildman–Crippen LogP) is 0.213. The van der Waals surface area contributed by atoms with Gasteiger partial charge < -0.3 is 34.1 Å². The standard InChI is InChI=1S/C22H41N3O8/c1-30-19(26)7-15-24(16-8-20(27)31-2)13-5-11-23-12-6-14-25(17-9-21(28)32-3)18-10-22(29)33-4/h23H,5-18H2,1-4H3. The van der Waals surface area contributed by atoms with Crippen LogP contribution in [0, 0.1) is 0 Å². The van der Waals surface area contributed by atoms with Gasteiger partial charge in [0, 0.05) is 26.2 Å². The molecule has 0 aliphatic rings. The van der Waals surface area contributed by atoms with E-state index in [1.165, 1.54) is 28.4 Å². The van der Waals surface area contributed by atoms with Gasteiger partial charge in [-0.05, 0) is 39.0 Å². The van der Waals surface area contributed by atoms with Crippen molar-refractivity contribution in [3.8, 4) is 0 Å². The van der Waals surface area contributed by atoms with Crippen LogP contribution in [-0.4, -0.2) is 114 Å². The first kappa shape index (κ1) is 30.8. The Kier molecular flexibility index (Phi) is 19.0. The van der Waals surface area contributed by atoms with Crippen LogP contribution in [-0.2, 0) is 38.1 Å². The predicted molar refractivity (Wildman–Crippen MR) is 122 cm³/mol. The average Bonchev–Trinajstić information content (AvgIpc) is 2.84. The van der Waals surface area contributed by atoms with Gasteiger partial charge in [0.25, 0.3) is 0 Å². The summed E-state index contributed by atoms with van der Waals surface area (Å²) in [7, 11) is 5.43. The fourth-order valence-corrected chi connectivity index (χ4v) is 3.06. The molecule has 0 amide bonds. The van der Waals surface area contributed by atoms with E-state index >= 15 is 0 Å². The Morgan fingerprint density at radius 3 is 1.03 bits per heavy atom. The van der Waals surface area contributed by atoms with Crippen LogP contribution >= 0.6 is 0 Å². The highest BCUT2D eigenvalue weighted by molar-refractivity contribution is 5.70. The van der Waals surface area contributed by atoms with Crippen LogP contribution in [0.3, 0.4) is 0 Å². The van der Waals surface area contributed by atoms with Gasteiger partial charge in [-0.25, -0.2) is 0 Å². The van der Waals surface area contributed by atoms with Gasteiger partial charge in [0.05, 0.1) is 54.1 Å². The summed E-state index contributed by atoms with van der Waals surface area (Å²) in [6.07, 6.45) is 2.82. The molecule has 0 spiro atoms. The molecule has 0 saturated heterocycles. The first-order valence-electron chi connectivity index (χ1n) is 11.3. The lowest BCUT2D eigenvalue weighted by Crippen LogP contribution is -2.33. The molecule has 0 aromatic carbocycles. The van der Waals surface area contributed by atoms with Crippen LogP contribution in [0.4, 0.5) is 0 Å². The monoisotopic (exact) mass is 475 g/mol. The van der Waals surface area contributed by atoms with E-state index in [2.05, 4.69) is 34.1 Å². The van der Waals surface area contributed by atoms with E-state index < -0.39 is 0 Å². The highest BCUT2D eigenvalue weighted by Crippen LogP contribution is 2.01. The summed E-state index contributed by atoms with van der Waals surface area (Å²) in [5, 5.41) is 3.38. The first-order valence-corrected chi connectivity index (χ1v) is 11.3. The normalized spacial score (nSPS) is 10.8. The number of esters is 4. The Hall–Kier alpha value is -2.24. The number of nitrogens with one attached hydrogen (secondary N) is 1. The fourth-order valence-electron chi connectivity index (χ4n) is 3.06. The van der Waals surface area contributed by atoms with Gasteiger partial charge in [-0.3, -0.25) is 19.2 Å². The lowest BCUT2D eigenvalue weighted by molar-refractivity contribution is -0.142. The third kappa shape index (κ3) is 17.9. The minimum Gasteiger partial charge on any atom is -0.469 e. The molecule has 0 atom stereocenters. The zero-order chi connectivity index (χ0) is 24.9. The Labute approximate surface area is 197 Å². The number of methoxy groups -OCH3 is 4. The molecule has 0 heterocycles. The van der Waals surface area contributed by atoms with Crippen molar-refractivity contribution >= 4 is 23.9 Å². The molecule has 0 aromatic rings. The molecule has 1 N–H and O–H groups in total. The smallest absolute Gasteiger partial charge is 0.306 e. The van der Waals surface area contributed by atoms with Gasteiger partial charge >= 0.3 is 23.9 Å². The summed E-state index contributed by atoms with van der Waals surface area (Å²) >= 11 is 0. The lowest BCUT2D eigenvalue weighted by Gasteiger charge is -2.22. The zero-order valence-electron chi connectivity index (χ0n) is 20.6. The SMILES string of the molecule is COC(=O)CCN(CCCNCCCN(CCC(=O)OC)CCC(=O)OC)CCC(=O)OC. The summed E-state index contributed by atoms with van der Waals surface area (Å²) in [6, 6.07) is 0. The average molecular weight is 476 g/mol. The molecule has 0 radical (unpaired) electrons. The molecule has 0 aliphatic heterocycles. The number of carbonyl (C=O) groups excluding carboxylic acids is 4. The minimum absolute atomic E-state index is 0.276. The van der Waals surface area contributed by atoms with Crippen molar-refractivity contribution in [2.75, 3.05) is 80.8 Å². The molecule has 0 bridgehead atoms. The molecule has 0 fully saturated rings. The summed E-state index contributed by atoms with van der Waals surface area (Å²) in [4.78, 5) is 49.7. The molecule has 0 rings (SSSR count). The molecule has 0 aromatic heterocycles. The van der Waals surface area contributed by atoms with E-state index in [0.29, 0.717) is 26.2 Å². The maximum absolute atomic E-state index is 11.4. The van der Waals surface area contributed by atoms with Crippen LogP contribution in [0.25, 0.3) is 0 Å². The van der Waals surface area contributed by atoms with E-state index in [-0.39, 0.29) is 49.6 Å². The van der Waals surface area contributed by atoms with E-state index in [1.54, 1.807) is 0 Å². The highest BCUT2D eigenvalue weighted by Gasteiger charge is 2.12. The number of nitrogens with zero attached hydrogens (tertiary/aromatic N) is 2. The van der Waals surface area contributed by atoms with Crippen molar-refractivity contribution < 1.29 is 38.1 Å². The first-order chi connectivity index (χ1) is 15.9. The Balaban J connectivity index is 4.22. The molecule has 33 heavy (non-hydrogen) atoms. The van der Waals surface area contributed by atoms with Crippen molar-refractivity contribution in [1.29, 1.82) is 0 Å². The quantitative estimate of drug-likeness (QED) is 0.148. The molecule has 0 aliphatic carbocycles. The summed E-state index contributed by atoms with van der Waals surface area (Å²) in [5.41, 5.74) is 0. The molecule has 11 nitrogen and oxygen atoms in total. The van der Waals surface area contributed by atoms with E-state index in [9.17, 15) is 19.2 Å². The number of carbonyl (C=O) groups is 4. The highest BCUT2D eigenvalue weighted by atomic mass is 16.5.